The second-order valence-electron chi connectivity index (χ2n) is 21.5. The molecule has 76 heavy (non-hydrogen) atoms. The van der Waals surface area contributed by atoms with Gasteiger partial charge in [0.25, 0.3) is 5.91 Å². The molecule has 4 amide bonds. The molecule has 3 aliphatic heterocycles. The largest absolute Gasteiger partial charge is 0.491 e. The highest BCUT2D eigenvalue weighted by Crippen LogP contribution is 2.38. The van der Waals surface area contributed by atoms with Crippen molar-refractivity contribution in [2.75, 3.05) is 76.2 Å². The van der Waals surface area contributed by atoms with Crippen LogP contribution in [0.1, 0.15) is 105 Å². The number of piperidine rings is 1. The Labute approximate surface area is 444 Å². The number of aromatic nitrogens is 6. The Balaban J connectivity index is 0.781. The van der Waals surface area contributed by atoms with Crippen molar-refractivity contribution in [3.05, 3.63) is 83.1 Å². The van der Waals surface area contributed by atoms with Crippen molar-refractivity contribution >= 4 is 62.0 Å². The average molecular weight is 1060 g/mol. The van der Waals surface area contributed by atoms with Gasteiger partial charge in [-0.3, -0.25) is 29.2 Å². The van der Waals surface area contributed by atoms with Gasteiger partial charge in [0.05, 0.1) is 27.9 Å². The molecular formula is C54H72N14O7S. The summed E-state index contributed by atoms with van der Waals surface area (Å²) in [6.07, 6.45) is 9.53. The van der Waals surface area contributed by atoms with E-state index in [1.165, 1.54) is 11.9 Å². The normalized spacial score (nSPS) is 19.5. The Morgan fingerprint density at radius 1 is 0.882 bits per heavy atom. The molecule has 2 aromatic carbocycles. The number of sulfone groups is 1. The van der Waals surface area contributed by atoms with Crippen molar-refractivity contribution < 1.29 is 32.3 Å². The number of anilines is 3. The fraction of sp³-hybridized carbons (Fsp3) is 0.537. The van der Waals surface area contributed by atoms with Crippen LogP contribution in [0.5, 0.6) is 5.75 Å². The first-order chi connectivity index (χ1) is 36.4. The zero-order chi connectivity index (χ0) is 53.9. The highest BCUT2D eigenvalue weighted by Gasteiger charge is 2.43. The van der Waals surface area contributed by atoms with Crippen LogP contribution in [0.15, 0.2) is 60.0 Å². The molecule has 22 heteroatoms. The molecule has 2 unspecified atom stereocenters. The van der Waals surface area contributed by atoms with Crippen LogP contribution in [0.4, 0.5) is 17.6 Å². The number of aromatic amines is 1. The second kappa shape index (κ2) is 22.8. The van der Waals surface area contributed by atoms with Crippen LogP contribution in [-0.2, 0) is 30.6 Å². The van der Waals surface area contributed by atoms with Crippen molar-refractivity contribution in [1.82, 2.24) is 60.8 Å². The average Bonchev–Trinajstić information content (AvgIpc) is 4.06. The lowest BCUT2D eigenvalue weighted by Gasteiger charge is -2.38. The zero-order valence-corrected chi connectivity index (χ0v) is 45.5. The molecule has 5 N–H and O–H groups in total. The maximum Gasteiger partial charge on any atom is 0.256 e. The lowest BCUT2D eigenvalue weighted by atomic mass is 9.87. The molecule has 5 aromatic rings. The van der Waals surface area contributed by atoms with E-state index in [1.807, 2.05) is 26.0 Å². The van der Waals surface area contributed by atoms with Crippen LogP contribution < -0.4 is 30.9 Å². The SMILES string of the molecule is CNC(C)C(=O)NC(C(=O)N1CCC[C@H]1C(=O)N[C@@H]1CCCc2ccccc21)C1CCN(C(=O)c2cnc(N3CCN(CCOc4cc5ncnc(Nc6n[nH]c(C)c6C)c5cc4S(=O)(=O)C(C)(C)C)CC3)nc2)CC1. The summed E-state index contributed by atoms with van der Waals surface area (Å²) >= 11 is 0. The zero-order valence-electron chi connectivity index (χ0n) is 44.7. The molecule has 3 fully saturated rings. The van der Waals surface area contributed by atoms with Gasteiger partial charge in [0.2, 0.25) is 23.7 Å². The molecule has 4 aliphatic rings. The van der Waals surface area contributed by atoms with Crippen molar-refractivity contribution in [2.45, 2.75) is 120 Å². The number of likely N-dealkylation sites (N-methyl/N-ethyl adjacent to an activating group) is 1. The molecule has 0 saturated carbocycles. The quantitative estimate of drug-likeness (QED) is 0.0918. The Morgan fingerprint density at radius 2 is 1.62 bits per heavy atom. The number of fused-ring (bicyclic) bond motifs is 2. The van der Waals surface area contributed by atoms with Gasteiger partial charge in [0.15, 0.2) is 15.7 Å². The molecule has 0 spiro atoms. The molecular weight excluding hydrogens is 989 g/mol. The smallest absolute Gasteiger partial charge is 0.256 e. The van der Waals surface area contributed by atoms with Gasteiger partial charge >= 0.3 is 0 Å². The Morgan fingerprint density at radius 3 is 2.32 bits per heavy atom. The number of ether oxygens (including phenoxy) is 1. The summed E-state index contributed by atoms with van der Waals surface area (Å²) in [6, 6.07) is 9.31. The number of nitrogens with one attached hydrogen (secondary N) is 5. The fourth-order valence-electron chi connectivity index (χ4n) is 10.6. The number of carbonyl (C=O) groups excluding carboxylic acids is 4. The van der Waals surface area contributed by atoms with Gasteiger partial charge in [-0.1, -0.05) is 24.3 Å². The van der Waals surface area contributed by atoms with E-state index in [2.05, 4.69) is 73.3 Å². The Hall–Kier alpha value is -6.78. The number of rotatable bonds is 16. The maximum atomic E-state index is 14.6. The third kappa shape index (κ3) is 11.5. The highest BCUT2D eigenvalue weighted by molar-refractivity contribution is 7.92. The summed E-state index contributed by atoms with van der Waals surface area (Å²) < 4.78 is 33.2. The van der Waals surface area contributed by atoms with Crippen LogP contribution in [0.3, 0.4) is 0 Å². The minimum atomic E-state index is -3.86. The maximum absolute atomic E-state index is 14.6. The number of carbonyl (C=O) groups is 4. The third-order valence-corrected chi connectivity index (χ3v) is 18.2. The molecule has 1 aliphatic carbocycles. The monoisotopic (exact) mass is 1060 g/mol. The number of hydrogen-bond acceptors (Lipinski definition) is 16. The number of hydrogen-bond donors (Lipinski definition) is 5. The molecule has 6 heterocycles. The lowest BCUT2D eigenvalue weighted by molar-refractivity contribution is -0.143. The van der Waals surface area contributed by atoms with Crippen LogP contribution in [0, 0.1) is 19.8 Å². The van der Waals surface area contributed by atoms with E-state index in [-0.39, 0.29) is 52.8 Å². The van der Waals surface area contributed by atoms with Gasteiger partial charge in [-0.2, -0.15) is 5.10 Å². The minimum absolute atomic E-state index is 0.0606. The number of benzene rings is 2. The van der Waals surface area contributed by atoms with E-state index < -0.39 is 32.7 Å². The van der Waals surface area contributed by atoms with E-state index in [4.69, 9.17) is 4.74 Å². The molecule has 9 rings (SSSR count). The summed E-state index contributed by atoms with van der Waals surface area (Å²) in [5, 5.41) is 20.3. The van der Waals surface area contributed by atoms with Crippen LogP contribution in [-0.4, -0.2) is 166 Å². The standard InChI is InChI=1S/C54H72N14O7S/c1-33-34(2)63-64-47(33)62-48-40-28-45(76(73,74)54(4,5)6)44(29-42(40)58-32-59-48)75-27-26-65-22-24-67(25-23-65)53-56-30-38(31-57-53)51(71)66-20-17-37(18-21-66)46(61-49(69)35(3)55-7)52(72)68-19-11-16-43(68)50(70)60-41-15-10-13-36-12-8-9-14-39(36)41/h8-9,12,14,28-32,35,37,41,43,46,55H,10-11,13,15-27H2,1-7H3,(H,60,70)(H,61,69)(H2,58,59,62,63,64)/t35?,41-,43+,46?/m1/s1. The molecule has 21 nitrogen and oxygen atoms in total. The number of nitrogens with zero attached hydrogens (tertiary/aromatic N) is 9. The Kier molecular flexibility index (Phi) is 16.2. The van der Waals surface area contributed by atoms with E-state index in [0.29, 0.717) is 112 Å². The second-order valence-corrected chi connectivity index (χ2v) is 24.2. The first-order valence-corrected chi connectivity index (χ1v) is 28.1. The topological polar surface area (TPSA) is 253 Å². The van der Waals surface area contributed by atoms with Crippen LogP contribution in [0.25, 0.3) is 10.9 Å². The molecule has 0 bridgehead atoms. The predicted molar refractivity (Wildman–Crippen MR) is 288 cm³/mol. The minimum Gasteiger partial charge on any atom is -0.491 e. The van der Waals surface area contributed by atoms with Crippen molar-refractivity contribution in [3.63, 3.8) is 0 Å². The summed E-state index contributed by atoms with van der Waals surface area (Å²) in [7, 11) is -2.17. The van der Waals surface area contributed by atoms with E-state index in [1.54, 1.807) is 69.1 Å². The summed E-state index contributed by atoms with van der Waals surface area (Å²) in [4.78, 5) is 81.5. The summed E-state index contributed by atoms with van der Waals surface area (Å²) in [6.45, 7) is 15.1. The molecule has 0 radical (unpaired) electrons. The van der Waals surface area contributed by atoms with Crippen molar-refractivity contribution in [3.8, 4) is 5.75 Å². The number of aryl methyl sites for hydroxylation is 2. The fourth-order valence-corrected chi connectivity index (χ4v) is 12.0. The van der Waals surface area contributed by atoms with Gasteiger partial charge < -0.3 is 40.7 Å². The molecule has 3 aromatic heterocycles. The van der Waals surface area contributed by atoms with Gasteiger partial charge in [0.1, 0.15) is 41.5 Å². The van der Waals surface area contributed by atoms with Crippen molar-refractivity contribution in [1.29, 1.82) is 0 Å². The van der Waals surface area contributed by atoms with Gasteiger partial charge in [0, 0.05) is 87.5 Å². The number of likely N-dealkylation sites (tertiary alicyclic amines) is 2. The highest BCUT2D eigenvalue weighted by atomic mass is 32.2. The van der Waals surface area contributed by atoms with Gasteiger partial charge in [-0.15, -0.1) is 0 Å². The lowest BCUT2D eigenvalue weighted by Crippen LogP contribution is -2.59. The Bertz CT molecular complexity index is 3040. The van der Waals surface area contributed by atoms with Gasteiger partial charge in [-0.05, 0) is 117 Å². The van der Waals surface area contributed by atoms with E-state index >= 15 is 0 Å². The van der Waals surface area contributed by atoms with Crippen molar-refractivity contribution in [2.24, 2.45) is 5.92 Å². The predicted octanol–water partition coefficient (Wildman–Crippen LogP) is 4.41. The van der Waals surface area contributed by atoms with E-state index in [0.717, 1.165) is 36.1 Å². The van der Waals surface area contributed by atoms with Crippen LogP contribution >= 0.6 is 0 Å². The molecule has 4 atom stereocenters. The third-order valence-electron chi connectivity index (χ3n) is 15.7. The molecule has 406 valence electrons. The summed E-state index contributed by atoms with van der Waals surface area (Å²) in [5.74, 6) is 0.559. The molecule has 3 saturated heterocycles. The number of H-pyrrole nitrogens is 1. The first kappa shape index (κ1) is 54.0. The number of amides is 4. The van der Waals surface area contributed by atoms with E-state index in [9.17, 15) is 27.6 Å². The summed E-state index contributed by atoms with van der Waals surface area (Å²) in [5.41, 5.74) is 5.07. The first-order valence-electron chi connectivity index (χ1n) is 26.6. The number of piperazine rings is 1. The van der Waals surface area contributed by atoms with Crippen LogP contribution in [0.2, 0.25) is 0 Å². The van der Waals surface area contributed by atoms with Gasteiger partial charge in [-0.25, -0.2) is 28.4 Å².